The van der Waals surface area contributed by atoms with Crippen molar-refractivity contribution in [2.75, 3.05) is 6.61 Å². The summed E-state index contributed by atoms with van der Waals surface area (Å²) in [5, 5.41) is 9.14. The molecular formula is C14H19FO3. The van der Waals surface area contributed by atoms with Crippen molar-refractivity contribution in [2.45, 2.75) is 45.0 Å². The van der Waals surface area contributed by atoms with Crippen molar-refractivity contribution in [3.63, 3.8) is 0 Å². The average Bonchev–Trinajstić information content (AvgIpc) is 2.67. The Morgan fingerprint density at radius 3 is 2.89 bits per heavy atom. The van der Waals surface area contributed by atoms with Gasteiger partial charge in [-0.15, -0.1) is 0 Å². The van der Waals surface area contributed by atoms with Crippen molar-refractivity contribution in [2.24, 2.45) is 0 Å². The molecular weight excluding hydrogens is 235 g/mol. The smallest absolute Gasteiger partial charge is 0.165 e. The molecule has 18 heavy (non-hydrogen) atoms. The molecule has 1 fully saturated rings. The fourth-order valence-corrected chi connectivity index (χ4v) is 2.21. The van der Waals surface area contributed by atoms with Gasteiger partial charge in [0.15, 0.2) is 11.6 Å². The van der Waals surface area contributed by atoms with E-state index in [1.165, 1.54) is 6.07 Å². The maximum absolute atomic E-state index is 13.6. The number of rotatable bonds is 4. The predicted octanol–water partition coefficient (Wildman–Crippen LogP) is 2.65. The van der Waals surface area contributed by atoms with Crippen LogP contribution in [0.4, 0.5) is 4.39 Å². The monoisotopic (exact) mass is 254 g/mol. The van der Waals surface area contributed by atoms with Gasteiger partial charge in [0, 0.05) is 5.56 Å². The third kappa shape index (κ3) is 3.00. The van der Waals surface area contributed by atoms with Gasteiger partial charge < -0.3 is 14.6 Å². The molecule has 4 heteroatoms. The van der Waals surface area contributed by atoms with E-state index in [1.807, 2.05) is 13.8 Å². The largest absolute Gasteiger partial charge is 0.487 e. The summed E-state index contributed by atoms with van der Waals surface area (Å²) in [6.07, 6.45) is 1.88. The molecule has 1 aromatic rings. The van der Waals surface area contributed by atoms with Gasteiger partial charge >= 0.3 is 0 Å². The fraction of sp³-hybridized carbons (Fsp3) is 0.571. The van der Waals surface area contributed by atoms with E-state index in [2.05, 4.69) is 0 Å². The van der Waals surface area contributed by atoms with Crippen LogP contribution in [-0.2, 0) is 11.3 Å². The van der Waals surface area contributed by atoms with Crippen molar-refractivity contribution in [1.29, 1.82) is 0 Å². The Bertz CT molecular complexity index is 418. The molecule has 1 atom stereocenters. The molecule has 1 heterocycles. The Balaban J connectivity index is 1.98. The maximum atomic E-state index is 13.6. The first-order chi connectivity index (χ1) is 8.52. The molecule has 100 valence electrons. The van der Waals surface area contributed by atoms with Crippen molar-refractivity contribution in [3.05, 3.63) is 29.6 Å². The minimum atomic E-state index is -0.446. The van der Waals surface area contributed by atoms with E-state index in [0.717, 1.165) is 12.8 Å². The van der Waals surface area contributed by atoms with Crippen molar-refractivity contribution >= 4 is 0 Å². The van der Waals surface area contributed by atoms with Crippen molar-refractivity contribution in [3.8, 4) is 5.75 Å². The summed E-state index contributed by atoms with van der Waals surface area (Å²) in [4.78, 5) is 0. The number of aliphatic hydroxyl groups excluding tert-OH is 1. The SMILES string of the molecule is CC1(C)CCC(COc2c(F)cccc2CO)O1. The zero-order valence-corrected chi connectivity index (χ0v) is 10.8. The van der Waals surface area contributed by atoms with Crippen LogP contribution in [0.15, 0.2) is 18.2 Å². The highest BCUT2D eigenvalue weighted by molar-refractivity contribution is 5.34. The molecule has 2 rings (SSSR count). The third-order valence-corrected chi connectivity index (χ3v) is 3.19. The second-order valence-electron chi connectivity index (χ2n) is 5.24. The number of hydrogen-bond donors (Lipinski definition) is 1. The molecule has 3 nitrogen and oxygen atoms in total. The lowest BCUT2D eigenvalue weighted by Gasteiger charge is -2.20. The molecule has 0 bridgehead atoms. The van der Waals surface area contributed by atoms with Crippen LogP contribution < -0.4 is 4.74 Å². The molecule has 0 spiro atoms. The van der Waals surface area contributed by atoms with Crippen LogP contribution in [0.25, 0.3) is 0 Å². The zero-order valence-electron chi connectivity index (χ0n) is 10.8. The van der Waals surface area contributed by atoms with Crippen LogP contribution in [0.5, 0.6) is 5.75 Å². The molecule has 0 aliphatic carbocycles. The van der Waals surface area contributed by atoms with Crippen LogP contribution >= 0.6 is 0 Å². The molecule has 1 aliphatic rings. The highest BCUT2D eigenvalue weighted by Crippen LogP contribution is 2.30. The van der Waals surface area contributed by atoms with Gasteiger partial charge in [-0.2, -0.15) is 0 Å². The molecule has 1 N–H and O–H groups in total. The maximum Gasteiger partial charge on any atom is 0.165 e. The second kappa shape index (κ2) is 5.24. The Morgan fingerprint density at radius 2 is 2.28 bits per heavy atom. The molecule has 1 aromatic carbocycles. The highest BCUT2D eigenvalue weighted by atomic mass is 19.1. The van der Waals surface area contributed by atoms with E-state index >= 15 is 0 Å². The van der Waals surface area contributed by atoms with Crippen LogP contribution in [0.1, 0.15) is 32.3 Å². The summed E-state index contributed by atoms with van der Waals surface area (Å²) >= 11 is 0. The van der Waals surface area contributed by atoms with Gasteiger partial charge in [-0.1, -0.05) is 12.1 Å². The molecule has 0 radical (unpaired) electrons. The van der Waals surface area contributed by atoms with Crippen LogP contribution in [0.2, 0.25) is 0 Å². The number of aliphatic hydroxyl groups is 1. The van der Waals surface area contributed by atoms with Gasteiger partial charge in [-0.3, -0.25) is 0 Å². The molecule has 1 aliphatic heterocycles. The molecule has 0 aromatic heterocycles. The van der Waals surface area contributed by atoms with E-state index in [0.29, 0.717) is 12.2 Å². The van der Waals surface area contributed by atoms with Gasteiger partial charge in [0.05, 0.1) is 18.3 Å². The molecule has 0 amide bonds. The Hall–Kier alpha value is -1.13. The summed E-state index contributed by atoms with van der Waals surface area (Å²) in [6.45, 7) is 4.16. The van der Waals surface area contributed by atoms with E-state index in [9.17, 15) is 4.39 Å². The Labute approximate surface area is 107 Å². The summed E-state index contributed by atoms with van der Waals surface area (Å²) in [6, 6.07) is 4.54. The van der Waals surface area contributed by atoms with E-state index in [4.69, 9.17) is 14.6 Å². The Kier molecular flexibility index (Phi) is 3.88. The van der Waals surface area contributed by atoms with Crippen molar-refractivity contribution < 1.29 is 19.0 Å². The fourth-order valence-electron chi connectivity index (χ4n) is 2.21. The normalized spacial score (nSPS) is 22.1. The molecule has 1 unspecified atom stereocenters. The first-order valence-electron chi connectivity index (χ1n) is 6.21. The van der Waals surface area contributed by atoms with Gasteiger partial charge in [0.25, 0.3) is 0 Å². The summed E-state index contributed by atoms with van der Waals surface area (Å²) < 4.78 is 24.8. The zero-order chi connectivity index (χ0) is 13.2. The van der Waals surface area contributed by atoms with Crippen molar-refractivity contribution in [1.82, 2.24) is 0 Å². The minimum absolute atomic E-state index is 0.00820. The first-order valence-corrected chi connectivity index (χ1v) is 6.21. The lowest BCUT2D eigenvalue weighted by molar-refractivity contribution is -0.0333. The molecule has 1 saturated heterocycles. The van der Waals surface area contributed by atoms with E-state index in [-0.39, 0.29) is 24.1 Å². The minimum Gasteiger partial charge on any atom is -0.487 e. The van der Waals surface area contributed by atoms with Crippen LogP contribution in [0, 0.1) is 5.82 Å². The van der Waals surface area contributed by atoms with Crippen LogP contribution in [-0.4, -0.2) is 23.4 Å². The van der Waals surface area contributed by atoms with Gasteiger partial charge in [-0.05, 0) is 32.8 Å². The average molecular weight is 254 g/mol. The van der Waals surface area contributed by atoms with Gasteiger partial charge in [0.2, 0.25) is 0 Å². The summed E-state index contributed by atoms with van der Waals surface area (Å²) in [5.74, 6) is -0.313. The molecule has 0 saturated carbocycles. The standard InChI is InChI=1S/C14H19FO3/c1-14(2)7-6-11(18-14)9-17-13-10(8-16)4-3-5-12(13)15/h3-5,11,16H,6-9H2,1-2H3. The van der Waals surface area contributed by atoms with Crippen LogP contribution in [0.3, 0.4) is 0 Å². The quantitative estimate of drug-likeness (QED) is 0.897. The number of halogens is 1. The number of ether oxygens (including phenoxy) is 2. The number of para-hydroxylation sites is 1. The Morgan fingerprint density at radius 1 is 1.50 bits per heavy atom. The summed E-state index contributed by atoms with van der Waals surface area (Å²) in [7, 11) is 0. The van der Waals surface area contributed by atoms with E-state index < -0.39 is 5.82 Å². The van der Waals surface area contributed by atoms with Gasteiger partial charge in [-0.25, -0.2) is 4.39 Å². The highest BCUT2D eigenvalue weighted by Gasteiger charge is 2.32. The topological polar surface area (TPSA) is 38.7 Å². The van der Waals surface area contributed by atoms with Gasteiger partial charge in [0.1, 0.15) is 6.61 Å². The lowest BCUT2D eigenvalue weighted by atomic mass is 10.1. The number of hydrogen-bond acceptors (Lipinski definition) is 3. The number of benzene rings is 1. The predicted molar refractivity (Wildman–Crippen MR) is 66.0 cm³/mol. The van der Waals surface area contributed by atoms with E-state index in [1.54, 1.807) is 12.1 Å². The second-order valence-corrected chi connectivity index (χ2v) is 5.24. The third-order valence-electron chi connectivity index (χ3n) is 3.19. The lowest BCUT2D eigenvalue weighted by Crippen LogP contribution is -2.24. The summed E-state index contributed by atoms with van der Waals surface area (Å²) in [5.41, 5.74) is 0.343. The first kappa shape index (κ1) is 13.3.